The van der Waals surface area contributed by atoms with Crippen molar-refractivity contribution in [1.29, 1.82) is 0 Å². The molecule has 1 atom stereocenters. The molecular formula is C21H23N3O5. The molecule has 152 valence electrons. The summed E-state index contributed by atoms with van der Waals surface area (Å²) >= 11 is 0. The fraction of sp³-hybridized carbons (Fsp3) is 0.286. The second-order valence-electron chi connectivity index (χ2n) is 7.62. The molecule has 2 aromatic carbocycles. The Hall–Kier alpha value is -3.55. The number of hydrogen-bond donors (Lipinski definition) is 3. The van der Waals surface area contributed by atoms with Gasteiger partial charge in [0.1, 0.15) is 11.4 Å². The Balaban J connectivity index is 1.69. The highest BCUT2D eigenvalue weighted by Crippen LogP contribution is 2.32. The van der Waals surface area contributed by atoms with E-state index < -0.39 is 17.8 Å². The molecule has 2 aromatic rings. The van der Waals surface area contributed by atoms with Gasteiger partial charge in [-0.2, -0.15) is 0 Å². The van der Waals surface area contributed by atoms with Crippen molar-refractivity contribution in [2.75, 3.05) is 16.0 Å². The molecule has 0 saturated carbocycles. The second-order valence-corrected chi connectivity index (χ2v) is 7.62. The first-order chi connectivity index (χ1) is 13.6. The van der Waals surface area contributed by atoms with E-state index in [0.717, 1.165) is 0 Å². The number of amides is 3. The molecule has 29 heavy (non-hydrogen) atoms. The minimum Gasteiger partial charge on any atom is -0.479 e. The summed E-state index contributed by atoms with van der Waals surface area (Å²) in [5.41, 5.74) is 1.16. The van der Waals surface area contributed by atoms with E-state index in [1.165, 1.54) is 0 Å². The third-order valence-corrected chi connectivity index (χ3v) is 3.94. The molecule has 0 bridgehead atoms. The quantitative estimate of drug-likeness (QED) is 0.726. The molecule has 0 aromatic heterocycles. The van der Waals surface area contributed by atoms with Crippen LogP contribution in [0, 0.1) is 0 Å². The average molecular weight is 397 g/mol. The zero-order valence-corrected chi connectivity index (χ0v) is 16.7. The third-order valence-electron chi connectivity index (χ3n) is 3.94. The van der Waals surface area contributed by atoms with Crippen molar-refractivity contribution >= 4 is 35.0 Å². The van der Waals surface area contributed by atoms with Gasteiger partial charge in [0, 0.05) is 16.9 Å². The predicted molar refractivity (Wildman–Crippen MR) is 109 cm³/mol. The summed E-state index contributed by atoms with van der Waals surface area (Å²) < 4.78 is 10.7. The zero-order valence-electron chi connectivity index (χ0n) is 16.7. The number of carbonyl (C=O) groups is 3. The van der Waals surface area contributed by atoms with E-state index in [2.05, 4.69) is 16.0 Å². The van der Waals surface area contributed by atoms with Crippen LogP contribution in [0.3, 0.4) is 0 Å². The van der Waals surface area contributed by atoms with Gasteiger partial charge in [-0.05, 0) is 64.1 Å². The number of fused-ring (bicyclic) bond motifs is 1. The maximum absolute atomic E-state index is 12.6. The van der Waals surface area contributed by atoms with Crippen LogP contribution < -0.4 is 20.7 Å². The Bertz CT molecular complexity index is 965. The highest BCUT2D eigenvalue weighted by molar-refractivity contribution is 6.06. The fourth-order valence-corrected chi connectivity index (χ4v) is 2.65. The Morgan fingerprint density at radius 3 is 2.52 bits per heavy atom. The van der Waals surface area contributed by atoms with Crippen LogP contribution in [0.2, 0.25) is 0 Å². The van der Waals surface area contributed by atoms with E-state index >= 15 is 0 Å². The van der Waals surface area contributed by atoms with Crippen LogP contribution in [0.1, 0.15) is 38.1 Å². The largest absolute Gasteiger partial charge is 0.479 e. The number of anilines is 3. The van der Waals surface area contributed by atoms with Crippen molar-refractivity contribution in [2.45, 2.75) is 39.4 Å². The standard InChI is InChI=1S/C21H23N3O5/c1-12-18(25)24-16-11-15(8-9-17(16)28-12)22-19(26)13-6-5-7-14(10-13)23-20(27)29-21(2,3)4/h5-12H,1-4H3,(H,22,26)(H,23,27)(H,24,25)/t12-/m0/s1. The Labute approximate surface area is 168 Å². The molecular weight excluding hydrogens is 374 g/mol. The molecule has 1 aliphatic heterocycles. The van der Waals surface area contributed by atoms with E-state index in [0.29, 0.717) is 28.4 Å². The van der Waals surface area contributed by atoms with Gasteiger partial charge in [0.05, 0.1) is 5.69 Å². The van der Waals surface area contributed by atoms with Crippen molar-refractivity contribution in [3.8, 4) is 5.75 Å². The third kappa shape index (κ3) is 5.25. The molecule has 8 heteroatoms. The molecule has 3 N–H and O–H groups in total. The highest BCUT2D eigenvalue weighted by atomic mass is 16.6. The monoisotopic (exact) mass is 397 g/mol. The molecule has 1 heterocycles. The minimum absolute atomic E-state index is 0.248. The van der Waals surface area contributed by atoms with Crippen LogP contribution in [0.25, 0.3) is 0 Å². The van der Waals surface area contributed by atoms with Gasteiger partial charge in [0.25, 0.3) is 11.8 Å². The van der Waals surface area contributed by atoms with Crippen LogP contribution in [-0.2, 0) is 9.53 Å². The number of hydrogen-bond acceptors (Lipinski definition) is 5. The Morgan fingerprint density at radius 2 is 1.79 bits per heavy atom. The SMILES string of the molecule is C[C@@H]1Oc2ccc(NC(=O)c3cccc(NC(=O)OC(C)(C)C)c3)cc2NC1=O. The van der Waals surface area contributed by atoms with Gasteiger partial charge in [-0.15, -0.1) is 0 Å². The average Bonchev–Trinajstić information content (AvgIpc) is 2.61. The van der Waals surface area contributed by atoms with E-state index in [9.17, 15) is 14.4 Å². The molecule has 0 aliphatic carbocycles. The topological polar surface area (TPSA) is 106 Å². The fourth-order valence-electron chi connectivity index (χ4n) is 2.65. The highest BCUT2D eigenvalue weighted by Gasteiger charge is 2.23. The lowest BCUT2D eigenvalue weighted by molar-refractivity contribution is -0.122. The first-order valence-corrected chi connectivity index (χ1v) is 9.14. The first kappa shape index (κ1) is 20.2. The Kier molecular flexibility index (Phi) is 5.45. The molecule has 0 fully saturated rings. The predicted octanol–water partition coefficient (Wildman–Crippen LogP) is 4.01. The number of benzene rings is 2. The van der Waals surface area contributed by atoms with Crippen LogP contribution in [-0.4, -0.2) is 29.6 Å². The number of nitrogens with one attached hydrogen (secondary N) is 3. The van der Waals surface area contributed by atoms with Gasteiger partial charge in [0.15, 0.2) is 6.10 Å². The normalized spacial score (nSPS) is 15.4. The number of carbonyl (C=O) groups excluding carboxylic acids is 3. The molecule has 0 unspecified atom stereocenters. The van der Waals surface area contributed by atoms with E-state index in [4.69, 9.17) is 9.47 Å². The van der Waals surface area contributed by atoms with E-state index in [1.807, 2.05) is 0 Å². The molecule has 0 saturated heterocycles. The van der Waals surface area contributed by atoms with Gasteiger partial charge in [-0.1, -0.05) is 6.07 Å². The van der Waals surface area contributed by atoms with Crippen molar-refractivity contribution in [1.82, 2.24) is 0 Å². The maximum atomic E-state index is 12.6. The molecule has 3 amide bonds. The molecule has 1 aliphatic rings. The summed E-state index contributed by atoms with van der Waals surface area (Å²) in [5.74, 6) is -0.0743. The second kappa shape index (κ2) is 7.83. The van der Waals surface area contributed by atoms with Gasteiger partial charge in [-0.3, -0.25) is 14.9 Å². The van der Waals surface area contributed by atoms with Gasteiger partial charge in [-0.25, -0.2) is 4.79 Å². The zero-order chi connectivity index (χ0) is 21.2. The lowest BCUT2D eigenvalue weighted by atomic mass is 10.1. The minimum atomic E-state index is -0.623. The summed E-state index contributed by atoms with van der Waals surface area (Å²) in [6.07, 6.45) is -1.17. The number of ether oxygens (including phenoxy) is 2. The molecule has 3 rings (SSSR count). The van der Waals surface area contributed by atoms with Crippen LogP contribution in [0.15, 0.2) is 42.5 Å². The summed E-state index contributed by atoms with van der Waals surface area (Å²) in [7, 11) is 0. The van der Waals surface area contributed by atoms with Gasteiger partial charge >= 0.3 is 6.09 Å². The van der Waals surface area contributed by atoms with Crippen LogP contribution in [0.4, 0.5) is 21.9 Å². The van der Waals surface area contributed by atoms with Crippen LogP contribution in [0.5, 0.6) is 5.75 Å². The van der Waals surface area contributed by atoms with Crippen molar-refractivity contribution < 1.29 is 23.9 Å². The summed E-state index contributed by atoms with van der Waals surface area (Å²) in [6.45, 7) is 6.96. The summed E-state index contributed by atoms with van der Waals surface area (Å²) in [6, 6.07) is 11.5. The summed E-state index contributed by atoms with van der Waals surface area (Å²) in [5, 5.41) is 8.10. The molecule has 0 radical (unpaired) electrons. The van der Waals surface area contributed by atoms with E-state index in [1.54, 1.807) is 70.2 Å². The summed E-state index contributed by atoms with van der Waals surface area (Å²) in [4.78, 5) is 36.3. The van der Waals surface area contributed by atoms with E-state index in [-0.39, 0.29) is 11.8 Å². The lowest BCUT2D eigenvalue weighted by Gasteiger charge is -2.23. The van der Waals surface area contributed by atoms with Gasteiger partial charge < -0.3 is 20.1 Å². The van der Waals surface area contributed by atoms with Crippen molar-refractivity contribution in [3.05, 3.63) is 48.0 Å². The molecule has 0 spiro atoms. The van der Waals surface area contributed by atoms with Crippen LogP contribution >= 0.6 is 0 Å². The number of rotatable bonds is 3. The Morgan fingerprint density at radius 1 is 1.07 bits per heavy atom. The lowest BCUT2D eigenvalue weighted by Crippen LogP contribution is -2.34. The van der Waals surface area contributed by atoms with Crippen molar-refractivity contribution in [3.63, 3.8) is 0 Å². The maximum Gasteiger partial charge on any atom is 0.412 e. The smallest absolute Gasteiger partial charge is 0.412 e. The van der Waals surface area contributed by atoms with Gasteiger partial charge in [0.2, 0.25) is 0 Å². The first-order valence-electron chi connectivity index (χ1n) is 9.14. The molecule has 8 nitrogen and oxygen atoms in total. The van der Waals surface area contributed by atoms with Crippen molar-refractivity contribution in [2.24, 2.45) is 0 Å².